The van der Waals surface area contributed by atoms with Gasteiger partial charge in [0.25, 0.3) is 0 Å². The summed E-state index contributed by atoms with van der Waals surface area (Å²) in [5, 5.41) is 8.93. The van der Waals surface area contributed by atoms with Crippen LogP contribution in [0.25, 0.3) is 6.08 Å². The molecule has 1 aromatic rings. The number of hydrogen-bond acceptors (Lipinski definition) is 1. The Kier molecular flexibility index (Phi) is 4.29. The van der Waals surface area contributed by atoms with E-state index in [4.69, 9.17) is 5.11 Å². The Balaban J connectivity index is 2.42. The van der Waals surface area contributed by atoms with E-state index in [2.05, 4.69) is 0 Å². The second-order valence-corrected chi connectivity index (χ2v) is 4.54. The normalized spacial score (nSPS) is 11.9. The molecule has 0 spiro atoms. The third kappa shape index (κ3) is 3.89. The van der Waals surface area contributed by atoms with Crippen molar-refractivity contribution in [1.82, 2.24) is 0 Å². The summed E-state index contributed by atoms with van der Waals surface area (Å²) in [4.78, 5) is 10.9. The van der Waals surface area contributed by atoms with E-state index in [1.807, 2.05) is 42.5 Å². The first-order valence-electron chi connectivity index (χ1n) is 5.47. The Morgan fingerprint density at radius 1 is 1.31 bits per heavy atom. The molecular weight excluding hydrogens is 200 g/mol. The fraction of sp³-hybridized carbons (Fsp3) is 0.357. The molecule has 0 amide bonds. The van der Waals surface area contributed by atoms with Crippen LogP contribution in [0, 0.1) is 5.41 Å². The summed E-state index contributed by atoms with van der Waals surface area (Å²) in [7, 11) is 0. The molecule has 0 heterocycles. The van der Waals surface area contributed by atoms with Crippen LogP contribution in [0.5, 0.6) is 0 Å². The van der Waals surface area contributed by atoms with Crippen molar-refractivity contribution in [1.29, 1.82) is 0 Å². The van der Waals surface area contributed by atoms with Crippen LogP contribution in [0.15, 0.2) is 36.4 Å². The zero-order valence-electron chi connectivity index (χ0n) is 9.81. The van der Waals surface area contributed by atoms with Crippen molar-refractivity contribution in [2.24, 2.45) is 5.41 Å². The maximum Gasteiger partial charge on any atom is 0.309 e. The molecule has 0 radical (unpaired) electrons. The minimum atomic E-state index is -0.736. The first-order valence-corrected chi connectivity index (χ1v) is 5.47. The molecule has 1 aromatic carbocycles. The number of rotatable bonds is 5. The Bertz CT molecular complexity index is 364. The van der Waals surface area contributed by atoms with Crippen LogP contribution in [0.1, 0.15) is 32.3 Å². The number of carboxylic acids is 1. The predicted octanol–water partition coefficient (Wildman–Crippen LogP) is 3.59. The highest BCUT2D eigenvalue weighted by molar-refractivity contribution is 5.73. The molecule has 2 heteroatoms. The summed E-state index contributed by atoms with van der Waals surface area (Å²) in [5.74, 6) is -0.736. The topological polar surface area (TPSA) is 37.3 Å². The van der Waals surface area contributed by atoms with Crippen LogP contribution in [0.2, 0.25) is 0 Å². The lowest BCUT2D eigenvalue weighted by Crippen LogP contribution is -2.22. The van der Waals surface area contributed by atoms with Crippen LogP contribution in [0.4, 0.5) is 0 Å². The van der Waals surface area contributed by atoms with E-state index in [0.717, 1.165) is 12.0 Å². The van der Waals surface area contributed by atoms with E-state index in [1.54, 1.807) is 13.8 Å². The minimum Gasteiger partial charge on any atom is -0.481 e. The summed E-state index contributed by atoms with van der Waals surface area (Å²) in [6, 6.07) is 10.0. The number of aliphatic carboxylic acids is 1. The molecule has 1 N–H and O–H groups in total. The second kappa shape index (κ2) is 5.50. The Morgan fingerprint density at radius 3 is 2.50 bits per heavy atom. The first kappa shape index (κ1) is 12.5. The molecule has 0 aliphatic carbocycles. The number of carbonyl (C=O) groups is 1. The zero-order chi connectivity index (χ0) is 12.0. The fourth-order valence-electron chi connectivity index (χ4n) is 1.33. The SMILES string of the molecule is CC(C)(CCC=Cc1ccccc1)C(=O)O. The molecule has 0 aliphatic rings. The number of carboxylic acid groups (broad SMARTS) is 1. The van der Waals surface area contributed by atoms with Crippen molar-refractivity contribution < 1.29 is 9.90 Å². The van der Waals surface area contributed by atoms with E-state index in [-0.39, 0.29) is 0 Å². The summed E-state index contributed by atoms with van der Waals surface area (Å²) in [5.41, 5.74) is 0.511. The molecule has 1 rings (SSSR count). The number of allylic oxidation sites excluding steroid dienone is 1. The van der Waals surface area contributed by atoms with Crippen LogP contribution in [0.3, 0.4) is 0 Å². The largest absolute Gasteiger partial charge is 0.481 e. The van der Waals surface area contributed by atoms with E-state index in [0.29, 0.717) is 6.42 Å². The van der Waals surface area contributed by atoms with E-state index in [1.165, 1.54) is 0 Å². The lowest BCUT2D eigenvalue weighted by molar-refractivity contribution is -0.147. The lowest BCUT2D eigenvalue weighted by Gasteiger charge is -2.17. The lowest BCUT2D eigenvalue weighted by atomic mass is 9.88. The predicted molar refractivity (Wildman–Crippen MR) is 66.1 cm³/mol. The molecular formula is C14H18O2. The Hall–Kier alpha value is -1.57. The molecule has 0 bridgehead atoms. The van der Waals surface area contributed by atoms with Gasteiger partial charge < -0.3 is 5.11 Å². The molecule has 0 saturated heterocycles. The standard InChI is InChI=1S/C14H18O2/c1-14(2,13(15)16)11-7-6-10-12-8-4-3-5-9-12/h3-6,8-10H,7,11H2,1-2H3,(H,15,16). The smallest absolute Gasteiger partial charge is 0.309 e. The molecule has 0 aliphatic heterocycles. The van der Waals surface area contributed by atoms with Crippen LogP contribution >= 0.6 is 0 Å². The van der Waals surface area contributed by atoms with Gasteiger partial charge in [-0.1, -0.05) is 42.5 Å². The molecule has 0 aromatic heterocycles. The highest BCUT2D eigenvalue weighted by Gasteiger charge is 2.25. The van der Waals surface area contributed by atoms with Gasteiger partial charge >= 0.3 is 5.97 Å². The van der Waals surface area contributed by atoms with Crippen LogP contribution in [-0.4, -0.2) is 11.1 Å². The Labute approximate surface area is 96.6 Å². The van der Waals surface area contributed by atoms with Crippen molar-refractivity contribution in [3.8, 4) is 0 Å². The van der Waals surface area contributed by atoms with Gasteiger partial charge in [-0.2, -0.15) is 0 Å². The quantitative estimate of drug-likeness (QED) is 0.820. The van der Waals surface area contributed by atoms with Gasteiger partial charge in [0.15, 0.2) is 0 Å². The van der Waals surface area contributed by atoms with Gasteiger partial charge in [0, 0.05) is 0 Å². The highest BCUT2D eigenvalue weighted by Crippen LogP contribution is 2.22. The summed E-state index contributed by atoms with van der Waals surface area (Å²) in [6.07, 6.45) is 5.50. The molecule has 0 saturated carbocycles. The summed E-state index contributed by atoms with van der Waals surface area (Å²) >= 11 is 0. The second-order valence-electron chi connectivity index (χ2n) is 4.54. The summed E-state index contributed by atoms with van der Waals surface area (Å²) < 4.78 is 0. The van der Waals surface area contributed by atoms with Crippen molar-refractivity contribution in [2.75, 3.05) is 0 Å². The third-order valence-electron chi connectivity index (χ3n) is 2.62. The van der Waals surface area contributed by atoms with E-state index in [9.17, 15) is 4.79 Å². The summed E-state index contributed by atoms with van der Waals surface area (Å²) in [6.45, 7) is 3.51. The third-order valence-corrected chi connectivity index (χ3v) is 2.62. The average Bonchev–Trinajstić information content (AvgIpc) is 2.26. The van der Waals surface area contributed by atoms with Gasteiger partial charge in [-0.15, -0.1) is 0 Å². The van der Waals surface area contributed by atoms with Crippen LogP contribution < -0.4 is 0 Å². The van der Waals surface area contributed by atoms with Crippen molar-refractivity contribution in [2.45, 2.75) is 26.7 Å². The van der Waals surface area contributed by atoms with Gasteiger partial charge in [0.05, 0.1) is 5.41 Å². The molecule has 0 atom stereocenters. The monoisotopic (exact) mass is 218 g/mol. The van der Waals surface area contributed by atoms with Crippen molar-refractivity contribution in [3.63, 3.8) is 0 Å². The molecule has 86 valence electrons. The maximum atomic E-state index is 10.9. The van der Waals surface area contributed by atoms with Gasteiger partial charge in [0.2, 0.25) is 0 Å². The molecule has 16 heavy (non-hydrogen) atoms. The van der Waals surface area contributed by atoms with Gasteiger partial charge in [-0.25, -0.2) is 0 Å². The average molecular weight is 218 g/mol. The van der Waals surface area contributed by atoms with Gasteiger partial charge in [-0.3, -0.25) is 4.79 Å². The van der Waals surface area contributed by atoms with Gasteiger partial charge in [-0.05, 0) is 32.3 Å². The molecule has 0 unspecified atom stereocenters. The van der Waals surface area contributed by atoms with E-state index >= 15 is 0 Å². The van der Waals surface area contributed by atoms with E-state index < -0.39 is 11.4 Å². The fourth-order valence-corrected chi connectivity index (χ4v) is 1.33. The van der Waals surface area contributed by atoms with Crippen LogP contribution in [-0.2, 0) is 4.79 Å². The maximum absolute atomic E-state index is 10.9. The zero-order valence-corrected chi connectivity index (χ0v) is 9.81. The number of hydrogen-bond donors (Lipinski definition) is 1. The minimum absolute atomic E-state index is 0.638. The van der Waals surface area contributed by atoms with Crippen molar-refractivity contribution >= 4 is 12.0 Å². The highest BCUT2D eigenvalue weighted by atomic mass is 16.4. The first-order chi connectivity index (χ1) is 7.52. The molecule has 2 nitrogen and oxygen atoms in total. The number of benzene rings is 1. The molecule has 0 fully saturated rings. The van der Waals surface area contributed by atoms with Gasteiger partial charge in [0.1, 0.15) is 0 Å². The van der Waals surface area contributed by atoms with Crippen molar-refractivity contribution in [3.05, 3.63) is 42.0 Å². The Morgan fingerprint density at radius 2 is 1.94 bits per heavy atom.